The number of Topliss-reactive ketones (excluding diaryl/α,β-unsaturated/α-hetero) is 1. The van der Waals surface area contributed by atoms with Crippen molar-refractivity contribution in [1.82, 2.24) is 9.88 Å². The molecular weight excluding hydrogens is 324 g/mol. The fourth-order valence-electron chi connectivity index (χ4n) is 3.47. The largest absolute Gasteiger partial charge is 0.341 e. The van der Waals surface area contributed by atoms with E-state index in [4.69, 9.17) is 9.98 Å². The topological polar surface area (TPSA) is 57.9 Å². The highest BCUT2D eigenvalue weighted by Crippen LogP contribution is 2.36. The molecule has 0 atom stereocenters. The standard InChI is InChI=1S/C21H20N4O/c1-4-25(5-2)21-23-18-15-9-6-7-10-16(15)20(26)17(19(18)24-21)14-11-8-12-22-13(14)3/h6-12H,4-5H2,1-3H3. The second-order valence-electron chi connectivity index (χ2n) is 6.28. The molecule has 1 aliphatic carbocycles. The quantitative estimate of drug-likeness (QED) is 0.856. The maximum atomic E-state index is 13.3. The van der Waals surface area contributed by atoms with Crippen molar-refractivity contribution in [3.8, 4) is 0 Å². The number of allylic oxidation sites excluding steroid dienone is 2. The molecule has 1 aliphatic heterocycles. The predicted molar refractivity (Wildman–Crippen MR) is 104 cm³/mol. The summed E-state index contributed by atoms with van der Waals surface area (Å²) >= 11 is 0. The Balaban J connectivity index is 2.00. The molecule has 2 heterocycles. The van der Waals surface area contributed by atoms with E-state index in [0.717, 1.165) is 35.6 Å². The van der Waals surface area contributed by atoms with Gasteiger partial charge in [-0.3, -0.25) is 9.78 Å². The third-order valence-electron chi connectivity index (χ3n) is 4.86. The zero-order chi connectivity index (χ0) is 18.3. The number of aliphatic imine (C=N–C) groups is 2. The second-order valence-corrected chi connectivity index (χ2v) is 6.28. The normalized spacial score (nSPS) is 15.4. The molecule has 0 amide bonds. The molecule has 5 nitrogen and oxygen atoms in total. The Bertz CT molecular complexity index is 997. The average molecular weight is 344 g/mol. The minimum atomic E-state index is -0.0183. The highest BCUT2D eigenvalue weighted by molar-refractivity contribution is 6.43. The molecule has 0 bridgehead atoms. The Labute approximate surface area is 152 Å². The van der Waals surface area contributed by atoms with E-state index in [1.54, 1.807) is 6.20 Å². The van der Waals surface area contributed by atoms with Crippen LogP contribution in [-0.2, 0) is 0 Å². The van der Waals surface area contributed by atoms with Crippen LogP contribution in [0.2, 0.25) is 0 Å². The molecule has 0 radical (unpaired) electrons. The summed E-state index contributed by atoms with van der Waals surface area (Å²) in [5.41, 5.74) is 5.18. The van der Waals surface area contributed by atoms with Crippen LogP contribution in [-0.4, -0.2) is 40.4 Å². The van der Waals surface area contributed by atoms with Gasteiger partial charge in [-0.2, -0.15) is 0 Å². The highest BCUT2D eigenvalue weighted by Gasteiger charge is 2.35. The Morgan fingerprint density at radius 2 is 1.62 bits per heavy atom. The number of ketones is 1. The van der Waals surface area contributed by atoms with Gasteiger partial charge in [-0.25, -0.2) is 9.98 Å². The number of fused-ring (bicyclic) bond motifs is 3. The Kier molecular flexibility index (Phi) is 3.99. The van der Waals surface area contributed by atoms with Gasteiger partial charge in [-0.1, -0.05) is 30.3 Å². The van der Waals surface area contributed by atoms with Crippen LogP contribution < -0.4 is 0 Å². The van der Waals surface area contributed by atoms with Crippen molar-refractivity contribution < 1.29 is 4.79 Å². The van der Waals surface area contributed by atoms with Crippen molar-refractivity contribution in [2.75, 3.05) is 13.1 Å². The van der Waals surface area contributed by atoms with Crippen molar-refractivity contribution in [3.63, 3.8) is 0 Å². The van der Waals surface area contributed by atoms with Crippen LogP contribution in [0.15, 0.2) is 58.3 Å². The number of hydrogen-bond acceptors (Lipinski definition) is 5. The van der Waals surface area contributed by atoms with Gasteiger partial charge >= 0.3 is 0 Å². The van der Waals surface area contributed by atoms with Gasteiger partial charge in [0.1, 0.15) is 11.4 Å². The monoisotopic (exact) mass is 344 g/mol. The Hall–Kier alpha value is -3.08. The number of hydrogen-bond donors (Lipinski definition) is 0. The fraction of sp³-hybridized carbons (Fsp3) is 0.238. The number of guanidine groups is 1. The molecule has 1 aromatic heterocycles. The van der Waals surface area contributed by atoms with Crippen molar-refractivity contribution in [2.45, 2.75) is 20.8 Å². The second kappa shape index (κ2) is 6.33. The van der Waals surface area contributed by atoms with E-state index in [0.29, 0.717) is 22.8 Å². The maximum absolute atomic E-state index is 13.3. The third kappa shape index (κ3) is 2.39. The summed E-state index contributed by atoms with van der Waals surface area (Å²) in [5, 5.41) is 0. The van der Waals surface area contributed by atoms with Gasteiger partial charge in [0.05, 0.1) is 5.57 Å². The molecule has 26 heavy (non-hydrogen) atoms. The first-order valence-corrected chi connectivity index (χ1v) is 8.88. The van der Waals surface area contributed by atoms with Gasteiger partial charge in [-0.05, 0) is 26.8 Å². The van der Waals surface area contributed by atoms with Crippen LogP contribution in [0.4, 0.5) is 0 Å². The molecule has 2 aromatic rings. The summed E-state index contributed by atoms with van der Waals surface area (Å²) in [6.45, 7) is 7.70. The zero-order valence-corrected chi connectivity index (χ0v) is 15.2. The van der Waals surface area contributed by atoms with Gasteiger partial charge in [0.25, 0.3) is 0 Å². The van der Waals surface area contributed by atoms with Crippen molar-refractivity contribution in [1.29, 1.82) is 0 Å². The molecule has 0 N–H and O–H groups in total. The third-order valence-corrected chi connectivity index (χ3v) is 4.86. The van der Waals surface area contributed by atoms with Crippen molar-refractivity contribution in [2.24, 2.45) is 9.98 Å². The minimum Gasteiger partial charge on any atom is -0.341 e. The number of carbonyl (C=O) groups is 1. The molecule has 130 valence electrons. The van der Waals surface area contributed by atoms with E-state index >= 15 is 0 Å². The molecule has 0 spiro atoms. The van der Waals surface area contributed by atoms with Crippen molar-refractivity contribution in [3.05, 3.63) is 70.7 Å². The smallest absolute Gasteiger partial charge is 0.226 e. The minimum absolute atomic E-state index is 0.0183. The van der Waals surface area contributed by atoms with Gasteiger partial charge in [0.15, 0.2) is 5.78 Å². The predicted octanol–water partition coefficient (Wildman–Crippen LogP) is 3.50. The molecule has 1 aromatic carbocycles. The average Bonchev–Trinajstić information content (AvgIpc) is 3.09. The van der Waals surface area contributed by atoms with Crippen LogP contribution in [0, 0.1) is 6.92 Å². The summed E-state index contributed by atoms with van der Waals surface area (Å²) in [5.74, 6) is 0.652. The summed E-state index contributed by atoms with van der Waals surface area (Å²) in [7, 11) is 0. The molecule has 0 saturated heterocycles. The van der Waals surface area contributed by atoms with Crippen LogP contribution in [0.3, 0.4) is 0 Å². The molecule has 4 rings (SSSR count). The number of nitrogens with zero attached hydrogens (tertiary/aromatic N) is 4. The lowest BCUT2D eigenvalue weighted by Crippen LogP contribution is -2.28. The van der Waals surface area contributed by atoms with E-state index in [1.807, 2.05) is 43.3 Å². The van der Waals surface area contributed by atoms with E-state index < -0.39 is 0 Å². The lowest BCUT2D eigenvalue weighted by molar-refractivity contribution is 0.105. The van der Waals surface area contributed by atoms with Gasteiger partial charge < -0.3 is 4.90 Å². The van der Waals surface area contributed by atoms with Gasteiger partial charge in [0, 0.05) is 41.7 Å². The molecule has 2 aliphatic rings. The van der Waals surface area contributed by atoms with Crippen LogP contribution >= 0.6 is 0 Å². The number of aryl methyl sites for hydroxylation is 1. The lowest BCUT2D eigenvalue weighted by Gasteiger charge is -2.19. The van der Waals surface area contributed by atoms with Crippen LogP contribution in [0.1, 0.15) is 41.0 Å². The Morgan fingerprint density at radius 1 is 0.923 bits per heavy atom. The van der Waals surface area contributed by atoms with E-state index in [-0.39, 0.29) is 5.78 Å². The lowest BCUT2D eigenvalue weighted by atomic mass is 9.83. The summed E-state index contributed by atoms with van der Waals surface area (Å²) in [6, 6.07) is 11.4. The molecule has 0 unspecified atom stereocenters. The first-order chi connectivity index (χ1) is 12.7. The van der Waals surface area contributed by atoms with Crippen LogP contribution in [0.25, 0.3) is 5.57 Å². The highest BCUT2D eigenvalue weighted by atomic mass is 16.1. The van der Waals surface area contributed by atoms with Gasteiger partial charge in [0.2, 0.25) is 5.96 Å². The Morgan fingerprint density at radius 3 is 2.31 bits per heavy atom. The SMILES string of the molecule is CCN(CC)C1=NC2=C(c3cccnc3C)C(=O)c3ccccc3C2=N1. The van der Waals surface area contributed by atoms with E-state index in [2.05, 4.69) is 23.7 Å². The number of benzene rings is 1. The molecule has 0 saturated carbocycles. The number of carbonyl (C=O) groups excluding carboxylic acids is 1. The zero-order valence-electron chi connectivity index (χ0n) is 15.2. The van der Waals surface area contributed by atoms with E-state index in [9.17, 15) is 4.79 Å². The van der Waals surface area contributed by atoms with Crippen LogP contribution in [0.5, 0.6) is 0 Å². The number of rotatable bonds is 3. The fourth-order valence-corrected chi connectivity index (χ4v) is 3.47. The van der Waals surface area contributed by atoms with Gasteiger partial charge in [-0.15, -0.1) is 0 Å². The summed E-state index contributed by atoms with van der Waals surface area (Å²) < 4.78 is 0. The molecule has 0 fully saturated rings. The first-order valence-electron chi connectivity index (χ1n) is 8.88. The number of pyridine rings is 1. The summed E-state index contributed by atoms with van der Waals surface area (Å²) in [4.78, 5) is 29.3. The maximum Gasteiger partial charge on any atom is 0.226 e. The molecular formula is C21H20N4O. The summed E-state index contributed by atoms with van der Waals surface area (Å²) in [6.07, 6.45) is 1.74. The van der Waals surface area contributed by atoms with E-state index in [1.165, 1.54) is 0 Å². The first kappa shape index (κ1) is 16.4. The van der Waals surface area contributed by atoms with Crippen molar-refractivity contribution >= 4 is 23.0 Å². The molecule has 5 heteroatoms. The number of aromatic nitrogens is 1.